The van der Waals surface area contributed by atoms with Gasteiger partial charge < -0.3 is 9.47 Å². The molecule has 0 radical (unpaired) electrons. The standard InChI is InChI=1S/C15H12F3NO4S/c16-15(17,18)10-1-3-11(4-2-10)19-24(20,21)12-5-6-13-14(9-12)23-8-7-22-13/h1-6,9,19H,7-8H2. The van der Waals surface area contributed by atoms with E-state index < -0.39 is 21.8 Å². The zero-order valence-electron chi connectivity index (χ0n) is 12.1. The molecule has 0 unspecified atom stereocenters. The van der Waals surface area contributed by atoms with Gasteiger partial charge in [-0.05, 0) is 36.4 Å². The molecule has 0 spiro atoms. The van der Waals surface area contributed by atoms with Crippen molar-refractivity contribution in [3.05, 3.63) is 48.0 Å². The lowest BCUT2D eigenvalue weighted by atomic mass is 10.2. The summed E-state index contributed by atoms with van der Waals surface area (Å²) >= 11 is 0. The van der Waals surface area contributed by atoms with E-state index in [0.717, 1.165) is 24.3 Å². The summed E-state index contributed by atoms with van der Waals surface area (Å²) < 4.78 is 75.1. The summed E-state index contributed by atoms with van der Waals surface area (Å²) in [5.74, 6) is 0.742. The molecule has 0 amide bonds. The van der Waals surface area contributed by atoms with Crippen molar-refractivity contribution in [2.24, 2.45) is 0 Å². The lowest BCUT2D eigenvalue weighted by Gasteiger charge is -2.19. The van der Waals surface area contributed by atoms with E-state index in [9.17, 15) is 21.6 Å². The van der Waals surface area contributed by atoms with Gasteiger partial charge in [0, 0.05) is 11.8 Å². The lowest BCUT2D eigenvalue weighted by Crippen LogP contribution is -2.17. The van der Waals surface area contributed by atoms with Crippen molar-refractivity contribution in [2.75, 3.05) is 17.9 Å². The Balaban J connectivity index is 1.83. The predicted octanol–water partition coefficient (Wildman–Crippen LogP) is 3.28. The fourth-order valence-electron chi connectivity index (χ4n) is 2.13. The number of fused-ring (bicyclic) bond motifs is 1. The molecule has 1 heterocycles. The Morgan fingerprint density at radius 1 is 0.917 bits per heavy atom. The molecular weight excluding hydrogens is 347 g/mol. The first-order valence-electron chi connectivity index (χ1n) is 6.85. The van der Waals surface area contributed by atoms with Crippen molar-refractivity contribution in [3.8, 4) is 11.5 Å². The first-order valence-corrected chi connectivity index (χ1v) is 8.34. The molecule has 1 N–H and O–H groups in total. The summed E-state index contributed by atoms with van der Waals surface area (Å²) in [4.78, 5) is -0.0772. The van der Waals surface area contributed by atoms with Gasteiger partial charge in [0.2, 0.25) is 0 Å². The second-order valence-corrected chi connectivity index (χ2v) is 6.67. The summed E-state index contributed by atoms with van der Waals surface area (Å²) in [5.41, 5.74) is -0.831. The molecule has 0 saturated heterocycles. The Bertz CT molecular complexity index is 848. The van der Waals surface area contributed by atoms with Crippen molar-refractivity contribution in [1.29, 1.82) is 0 Å². The minimum atomic E-state index is -4.48. The summed E-state index contributed by atoms with van der Waals surface area (Å²) in [6.07, 6.45) is -4.48. The molecule has 9 heteroatoms. The van der Waals surface area contributed by atoms with Crippen LogP contribution in [0, 0.1) is 0 Å². The number of halogens is 3. The SMILES string of the molecule is O=S(=O)(Nc1ccc(C(F)(F)F)cc1)c1ccc2c(c1)OCCO2. The van der Waals surface area contributed by atoms with E-state index in [1.165, 1.54) is 18.2 Å². The second-order valence-electron chi connectivity index (χ2n) is 4.99. The maximum Gasteiger partial charge on any atom is 0.416 e. The fourth-order valence-corrected chi connectivity index (χ4v) is 3.21. The summed E-state index contributed by atoms with van der Waals surface area (Å²) in [5, 5.41) is 0. The zero-order chi connectivity index (χ0) is 17.4. The number of alkyl halides is 3. The highest BCUT2D eigenvalue weighted by Crippen LogP contribution is 2.33. The van der Waals surface area contributed by atoms with E-state index in [0.29, 0.717) is 24.7 Å². The molecule has 2 aromatic rings. The van der Waals surface area contributed by atoms with Crippen LogP contribution in [0.1, 0.15) is 5.56 Å². The first-order chi connectivity index (χ1) is 11.3. The Hall–Kier alpha value is -2.42. The minimum absolute atomic E-state index is 0.0258. The smallest absolute Gasteiger partial charge is 0.416 e. The Labute approximate surface area is 136 Å². The van der Waals surface area contributed by atoms with E-state index in [1.54, 1.807) is 0 Å². The monoisotopic (exact) mass is 359 g/mol. The number of ether oxygens (including phenoxy) is 2. The third-order valence-corrected chi connectivity index (χ3v) is 4.67. The van der Waals surface area contributed by atoms with Crippen LogP contribution in [-0.4, -0.2) is 21.6 Å². The van der Waals surface area contributed by atoms with Gasteiger partial charge in [0.25, 0.3) is 10.0 Å². The molecule has 3 rings (SSSR count). The number of hydrogen-bond donors (Lipinski definition) is 1. The number of sulfonamides is 1. The highest BCUT2D eigenvalue weighted by Gasteiger charge is 2.30. The second kappa shape index (κ2) is 5.90. The molecule has 2 aromatic carbocycles. The van der Waals surface area contributed by atoms with Crippen LogP contribution in [0.25, 0.3) is 0 Å². The van der Waals surface area contributed by atoms with Crippen LogP contribution >= 0.6 is 0 Å². The Kier molecular flexibility index (Phi) is 4.04. The van der Waals surface area contributed by atoms with Crippen molar-refractivity contribution in [3.63, 3.8) is 0 Å². The van der Waals surface area contributed by atoms with E-state index in [-0.39, 0.29) is 10.6 Å². The highest BCUT2D eigenvalue weighted by molar-refractivity contribution is 7.92. The molecule has 1 aliphatic heterocycles. The molecule has 128 valence electrons. The van der Waals surface area contributed by atoms with E-state index in [2.05, 4.69) is 4.72 Å². The maximum atomic E-state index is 12.5. The number of benzene rings is 2. The van der Waals surface area contributed by atoms with E-state index in [4.69, 9.17) is 9.47 Å². The third-order valence-electron chi connectivity index (χ3n) is 3.29. The van der Waals surface area contributed by atoms with Crippen LogP contribution in [0.2, 0.25) is 0 Å². The van der Waals surface area contributed by atoms with Crippen LogP contribution in [0.4, 0.5) is 18.9 Å². The molecule has 0 atom stereocenters. The van der Waals surface area contributed by atoms with Gasteiger partial charge in [-0.25, -0.2) is 8.42 Å². The van der Waals surface area contributed by atoms with Crippen molar-refractivity contribution >= 4 is 15.7 Å². The first kappa shape index (κ1) is 16.4. The molecule has 24 heavy (non-hydrogen) atoms. The normalized spacial score (nSPS) is 14.3. The summed E-state index contributed by atoms with van der Waals surface area (Å²) in [6.45, 7) is 0.686. The summed E-state index contributed by atoms with van der Waals surface area (Å²) in [6, 6.07) is 7.83. The summed E-state index contributed by atoms with van der Waals surface area (Å²) in [7, 11) is -3.96. The van der Waals surface area contributed by atoms with Crippen LogP contribution in [0.3, 0.4) is 0 Å². The predicted molar refractivity (Wildman–Crippen MR) is 79.7 cm³/mol. The van der Waals surface area contributed by atoms with Crippen molar-refractivity contribution < 1.29 is 31.1 Å². The quantitative estimate of drug-likeness (QED) is 0.914. The van der Waals surface area contributed by atoms with Gasteiger partial charge in [-0.15, -0.1) is 0 Å². The van der Waals surface area contributed by atoms with Crippen LogP contribution in [0.15, 0.2) is 47.4 Å². The van der Waals surface area contributed by atoms with Crippen molar-refractivity contribution in [2.45, 2.75) is 11.1 Å². The van der Waals surface area contributed by atoms with Crippen LogP contribution < -0.4 is 14.2 Å². The van der Waals surface area contributed by atoms with Gasteiger partial charge in [0.05, 0.1) is 10.5 Å². The zero-order valence-corrected chi connectivity index (χ0v) is 12.9. The maximum absolute atomic E-state index is 12.5. The van der Waals surface area contributed by atoms with Gasteiger partial charge in [-0.1, -0.05) is 0 Å². The molecule has 0 bridgehead atoms. The molecular formula is C15H12F3NO4S. The van der Waals surface area contributed by atoms with Crippen LogP contribution in [-0.2, 0) is 16.2 Å². The number of hydrogen-bond acceptors (Lipinski definition) is 4. The largest absolute Gasteiger partial charge is 0.486 e. The molecule has 0 fully saturated rings. The Morgan fingerprint density at radius 3 is 2.17 bits per heavy atom. The lowest BCUT2D eigenvalue weighted by molar-refractivity contribution is -0.137. The minimum Gasteiger partial charge on any atom is -0.486 e. The molecule has 0 aliphatic carbocycles. The van der Waals surface area contributed by atoms with Gasteiger partial charge in [0.15, 0.2) is 11.5 Å². The average molecular weight is 359 g/mol. The fraction of sp³-hybridized carbons (Fsp3) is 0.200. The van der Waals surface area contributed by atoms with Crippen molar-refractivity contribution in [1.82, 2.24) is 0 Å². The molecule has 5 nitrogen and oxygen atoms in total. The topological polar surface area (TPSA) is 64.6 Å². The van der Waals surface area contributed by atoms with E-state index >= 15 is 0 Å². The number of rotatable bonds is 3. The average Bonchev–Trinajstić information content (AvgIpc) is 2.53. The molecule has 0 saturated carbocycles. The van der Waals surface area contributed by atoms with Gasteiger partial charge in [0.1, 0.15) is 13.2 Å². The van der Waals surface area contributed by atoms with Gasteiger partial charge in [-0.3, -0.25) is 4.72 Å². The molecule has 1 aliphatic rings. The van der Waals surface area contributed by atoms with E-state index in [1.807, 2.05) is 0 Å². The van der Waals surface area contributed by atoms with Gasteiger partial charge >= 0.3 is 6.18 Å². The highest BCUT2D eigenvalue weighted by atomic mass is 32.2. The van der Waals surface area contributed by atoms with Crippen LogP contribution in [0.5, 0.6) is 11.5 Å². The van der Waals surface area contributed by atoms with Gasteiger partial charge in [-0.2, -0.15) is 13.2 Å². The Morgan fingerprint density at radius 2 is 1.54 bits per heavy atom. The number of nitrogens with one attached hydrogen (secondary N) is 1. The number of anilines is 1. The third kappa shape index (κ3) is 3.40. The molecule has 0 aromatic heterocycles.